The van der Waals surface area contributed by atoms with Gasteiger partial charge in [0.15, 0.2) is 0 Å². The second kappa shape index (κ2) is 8.39. The average molecular weight is 390 g/mol. The van der Waals surface area contributed by atoms with E-state index in [-0.39, 0.29) is 11.8 Å². The van der Waals surface area contributed by atoms with Gasteiger partial charge in [-0.3, -0.25) is 9.89 Å². The molecule has 0 saturated carbocycles. The summed E-state index contributed by atoms with van der Waals surface area (Å²) in [7, 11) is 0. The van der Waals surface area contributed by atoms with Crippen molar-refractivity contribution < 1.29 is 4.79 Å². The number of carbonyl (C=O) groups excluding carboxylic acids is 1. The lowest BCUT2D eigenvalue weighted by Crippen LogP contribution is -2.38. The summed E-state index contributed by atoms with van der Waals surface area (Å²) in [6.07, 6.45) is 3.52. The van der Waals surface area contributed by atoms with Gasteiger partial charge in [-0.05, 0) is 44.0 Å². The highest BCUT2D eigenvalue weighted by Gasteiger charge is 2.23. The van der Waals surface area contributed by atoms with E-state index < -0.39 is 0 Å². The molecule has 2 aromatic carbocycles. The van der Waals surface area contributed by atoms with Crippen molar-refractivity contribution in [1.29, 1.82) is 0 Å². The third-order valence-corrected chi connectivity index (χ3v) is 5.62. The summed E-state index contributed by atoms with van der Waals surface area (Å²) < 4.78 is 0. The number of H-pyrrole nitrogens is 1. The Balaban J connectivity index is 1.42. The van der Waals surface area contributed by atoms with Crippen LogP contribution in [0.2, 0.25) is 0 Å². The minimum absolute atomic E-state index is 0.00805. The molecular formula is C23H27N5O. The van der Waals surface area contributed by atoms with Crippen LogP contribution in [-0.4, -0.2) is 29.2 Å². The highest BCUT2D eigenvalue weighted by atomic mass is 16.1. The van der Waals surface area contributed by atoms with Crippen molar-refractivity contribution in [2.45, 2.75) is 26.3 Å². The first-order chi connectivity index (χ1) is 14.1. The van der Waals surface area contributed by atoms with Crippen LogP contribution in [0.15, 0.2) is 54.7 Å². The number of carbonyl (C=O) groups is 1. The third kappa shape index (κ3) is 4.42. The Morgan fingerprint density at radius 2 is 2.00 bits per heavy atom. The molecule has 1 aliphatic rings. The number of rotatable bonds is 6. The zero-order valence-electron chi connectivity index (χ0n) is 16.7. The standard InChI is InChI=1S/C23H27N5O/c1-16-4-2-5-18(12-16)22-19(15-26-27-22)14-25-20-6-3-7-21(13-20)28-10-8-17(9-11-28)23(24)29/h2-7,12-13,15,17,25H,8-11,14H2,1H3,(H2,24,29)(H,26,27). The molecule has 0 atom stereocenters. The number of piperidine rings is 1. The van der Waals surface area contributed by atoms with E-state index in [1.807, 2.05) is 6.20 Å². The number of nitrogens with one attached hydrogen (secondary N) is 2. The molecule has 6 nitrogen and oxygen atoms in total. The number of hydrogen-bond acceptors (Lipinski definition) is 4. The van der Waals surface area contributed by atoms with Crippen LogP contribution in [0.5, 0.6) is 0 Å². The van der Waals surface area contributed by atoms with Crippen molar-refractivity contribution >= 4 is 17.3 Å². The van der Waals surface area contributed by atoms with Crippen LogP contribution in [0.4, 0.5) is 11.4 Å². The van der Waals surface area contributed by atoms with Crippen LogP contribution in [0, 0.1) is 12.8 Å². The molecule has 3 aromatic rings. The van der Waals surface area contributed by atoms with Crippen molar-refractivity contribution in [2.24, 2.45) is 11.7 Å². The van der Waals surface area contributed by atoms with Gasteiger partial charge >= 0.3 is 0 Å². The van der Waals surface area contributed by atoms with Crippen molar-refractivity contribution in [3.8, 4) is 11.3 Å². The third-order valence-electron chi connectivity index (χ3n) is 5.62. The number of hydrogen-bond donors (Lipinski definition) is 3. The van der Waals surface area contributed by atoms with Gasteiger partial charge in [-0.1, -0.05) is 29.8 Å². The topological polar surface area (TPSA) is 87.0 Å². The molecule has 0 spiro atoms. The molecule has 1 aliphatic heterocycles. The Hall–Kier alpha value is -3.28. The van der Waals surface area contributed by atoms with Crippen molar-refractivity contribution in [2.75, 3.05) is 23.3 Å². The van der Waals surface area contributed by atoms with E-state index in [0.717, 1.165) is 48.4 Å². The molecule has 0 aliphatic carbocycles. The monoisotopic (exact) mass is 389 g/mol. The van der Waals surface area contributed by atoms with Gasteiger partial charge in [0.2, 0.25) is 5.91 Å². The number of aromatic amines is 1. The molecule has 4 N–H and O–H groups in total. The first kappa shape index (κ1) is 19.1. The van der Waals surface area contributed by atoms with Crippen molar-refractivity contribution in [3.05, 3.63) is 65.9 Å². The molecule has 0 unspecified atom stereocenters. The van der Waals surface area contributed by atoms with Crippen LogP contribution in [0.1, 0.15) is 24.0 Å². The molecule has 4 rings (SSSR count). The van der Waals surface area contributed by atoms with Crippen molar-refractivity contribution in [1.82, 2.24) is 10.2 Å². The highest BCUT2D eigenvalue weighted by Crippen LogP contribution is 2.27. The van der Waals surface area contributed by atoms with E-state index in [2.05, 4.69) is 75.9 Å². The van der Waals surface area contributed by atoms with E-state index in [0.29, 0.717) is 6.54 Å². The molecule has 2 heterocycles. The van der Waals surface area contributed by atoms with E-state index >= 15 is 0 Å². The maximum absolute atomic E-state index is 11.4. The molecule has 0 bridgehead atoms. The number of benzene rings is 2. The smallest absolute Gasteiger partial charge is 0.220 e. The highest BCUT2D eigenvalue weighted by molar-refractivity contribution is 5.77. The van der Waals surface area contributed by atoms with E-state index in [1.165, 1.54) is 11.3 Å². The summed E-state index contributed by atoms with van der Waals surface area (Å²) in [5, 5.41) is 10.9. The molecule has 6 heteroatoms. The van der Waals surface area contributed by atoms with Gasteiger partial charge in [-0.2, -0.15) is 5.10 Å². The minimum atomic E-state index is -0.176. The number of nitrogens with two attached hydrogens (primary N) is 1. The zero-order chi connectivity index (χ0) is 20.2. The Morgan fingerprint density at radius 1 is 1.21 bits per heavy atom. The van der Waals surface area contributed by atoms with Crippen LogP contribution >= 0.6 is 0 Å². The van der Waals surface area contributed by atoms with Crippen molar-refractivity contribution in [3.63, 3.8) is 0 Å². The van der Waals surface area contributed by atoms with Gasteiger partial charge in [0.05, 0.1) is 11.9 Å². The number of aromatic nitrogens is 2. The van der Waals surface area contributed by atoms with Gasteiger partial charge in [0.1, 0.15) is 0 Å². The second-order valence-corrected chi connectivity index (χ2v) is 7.71. The van der Waals surface area contributed by atoms with Gasteiger partial charge in [-0.15, -0.1) is 0 Å². The van der Waals surface area contributed by atoms with Gasteiger partial charge in [0, 0.05) is 48.1 Å². The quantitative estimate of drug-likeness (QED) is 0.600. The molecule has 1 saturated heterocycles. The molecular weight excluding hydrogens is 362 g/mol. The fraction of sp³-hybridized carbons (Fsp3) is 0.304. The fourth-order valence-electron chi connectivity index (χ4n) is 3.93. The summed E-state index contributed by atoms with van der Waals surface area (Å²) in [5.41, 5.74) is 12.2. The maximum atomic E-state index is 11.4. The van der Waals surface area contributed by atoms with E-state index in [1.54, 1.807) is 0 Å². The number of aryl methyl sites for hydroxylation is 1. The van der Waals surface area contributed by atoms with Crippen LogP contribution in [0.3, 0.4) is 0 Å². The lowest BCUT2D eigenvalue weighted by Gasteiger charge is -2.32. The van der Waals surface area contributed by atoms with Gasteiger partial charge in [0.25, 0.3) is 0 Å². The summed E-state index contributed by atoms with van der Waals surface area (Å²) in [6.45, 7) is 4.50. The summed E-state index contributed by atoms with van der Waals surface area (Å²) >= 11 is 0. The number of nitrogens with zero attached hydrogens (tertiary/aromatic N) is 2. The molecule has 1 fully saturated rings. The lowest BCUT2D eigenvalue weighted by atomic mass is 9.96. The molecule has 150 valence electrons. The Morgan fingerprint density at radius 3 is 2.76 bits per heavy atom. The average Bonchev–Trinajstić information content (AvgIpc) is 3.21. The largest absolute Gasteiger partial charge is 0.381 e. The molecule has 1 amide bonds. The van der Waals surface area contributed by atoms with Gasteiger partial charge in [-0.25, -0.2) is 0 Å². The molecule has 29 heavy (non-hydrogen) atoms. The van der Waals surface area contributed by atoms with Crippen LogP contribution in [0.25, 0.3) is 11.3 Å². The number of anilines is 2. The van der Waals surface area contributed by atoms with Gasteiger partial charge < -0.3 is 16.0 Å². The summed E-state index contributed by atoms with van der Waals surface area (Å²) in [6, 6.07) is 16.8. The second-order valence-electron chi connectivity index (χ2n) is 7.71. The predicted molar refractivity (Wildman–Crippen MR) is 117 cm³/mol. The molecule has 1 aromatic heterocycles. The Bertz CT molecular complexity index is 988. The SMILES string of the molecule is Cc1cccc(-c2[nH]ncc2CNc2cccc(N3CCC(C(N)=O)CC3)c2)c1. The van der Waals surface area contributed by atoms with Crippen LogP contribution < -0.4 is 16.0 Å². The zero-order valence-corrected chi connectivity index (χ0v) is 16.7. The molecule has 0 radical (unpaired) electrons. The predicted octanol–water partition coefficient (Wildman–Crippen LogP) is 3.70. The fourth-order valence-corrected chi connectivity index (χ4v) is 3.93. The summed E-state index contributed by atoms with van der Waals surface area (Å²) in [5.74, 6) is -0.168. The first-order valence-corrected chi connectivity index (χ1v) is 10.1. The summed E-state index contributed by atoms with van der Waals surface area (Å²) in [4.78, 5) is 13.7. The minimum Gasteiger partial charge on any atom is -0.381 e. The normalized spacial score (nSPS) is 14.7. The first-order valence-electron chi connectivity index (χ1n) is 10.1. The maximum Gasteiger partial charge on any atom is 0.220 e. The van der Waals surface area contributed by atoms with Crippen LogP contribution in [-0.2, 0) is 11.3 Å². The van der Waals surface area contributed by atoms with E-state index in [9.17, 15) is 4.79 Å². The Labute approximate surface area is 171 Å². The Kier molecular flexibility index (Phi) is 5.51. The lowest BCUT2D eigenvalue weighted by molar-refractivity contribution is -0.122. The number of amides is 1. The number of primary amides is 1. The van der Waals surface area contributed by atoms with E-state index in [4.69, 9.17) is 5.73 Å².